The smallest absolute Gasteiger partial charge is 0.292 e. The molecule has 0 spiro atoms. The molecule has 1 atom stereocenters. The first kappa shape index (κ1) is 17.1. The molecule has 0 unspecified atom stereocenters. The standard InChI is InChI=1S/C18H19N3O4/c22-18(19-15-8-4-5-9-16(15)21(23)24)17(14-6-2-1-3-7-14)20-10-12-25-13-11-20/h1-9,17H,10-13H2,(H,19,22)/p+1/t17-/m1/s1. The molecule has 130 valence electrons. The number of carbonyl (C=O) groups excluding carboxylic acids is 1. The highest BCUT2D eigenvalue weighted by Crippen LogP contribution is 2.24. The van der Waals surface area contributed by atoms with E-state index in [1.54, 1.807) is 18.2 Å². The van der Waals surface area contributed by atoms with Crippen molar-refractivity contribution in [3.63, 3.8) is 0 Å². The van der Waals surface area contributed by atoms with Crippen LogP contribution in [0.3, 0.4) is 0 Å². The normalized spacial score (nSPS) is 16.2. The van der Waals surface area contributed by atoms with Crippen LogP contribution >= 0.6 is 0 Å². The third-order valence-electron chi connectivity index (χ3n) is 4.30. The number of para-hydroxylation sites is 2. The SMILES string of the molecule is O=C(Nc1ccccc1[N+](=O)[O-])[C@@H](c1ccccc1)[NH+]1CCOCC1. The number of benzene rings is 2. The number of ether oxygens (including phenoxy) is 1. The summed E-state index contributed by atoms with van der Waals surface area (Å²) in [4.78, 5) is 24.8. The monoisotopic (exact) mass is 342 g/mol. The van der Waals surface area contributed by atoms with Crippen molar-refractivity contribution in [2.75, 3.05) is 31.6 Å². The van der Waals surface area contributed by atoms with Gasteiger partial charge in [-0.05, 0) is 6.07 Å². The van der Waals surface area contributed by atoms with Crippen LogP contribution in [0.15, 0.2) is 54.6 Å². The minimum Gasteiger partial charge on any atom is -0.370 e. The van der Waals surface area contributed by atoms with Gasteiger partial charge in [0.05, 0.1) is 18.1 Å². The van der Waals surface area contributed by atoms with E-state index < -0.39 is 11.0 Å². The van der Waals surface area contributed by atoms with Crippen molar-refractivity contribution >= 4 is 17.3 Å². The molecule has 0 bridgehead atoms. The van der Waals surface area contributed by atoms with Crippen molar-refractivity contribution < 1.29 is 19.4 Å². The van der Waals surface area contributed by atoms with Crippen LogP contribution in [0.4, 0.5) is 11.4 Å². The summed E-state index contributed by atoms with van der Waals surface area (Å²) in [5.41, 5.74) is 0.987. The number of anilines is 1. The summed E-state index contributed by atoms with van der Waals surface area (Å²) in [5, 5.41) is 13.9. The van der Waals surface area contributed by atoms with E-state index in [9.17, 15) is 14.9 Å². The fourth-order valence-electron chi connectivity index (χ4n) is 3.08. The Morgan fingerprint density at radius 3 is 2.40 bits per heavy atom. The van der Waals surface area contributed by atoms with Crippen molar-refractivity contribution in [3.8, 4) is 0 Å². The van der Waals surface area contributed by atoms with E-state index in [1.807, 2.05) is 30.3 Å². The first-order chi connectivity index (χ1) is 12.2. The van der Waals surface area contributed by atoms with Gasteiger partial charge in [-0.1, -0.05) is 42.5 Å². The maximum atomic E-state index is 13.0. The number of amides is 1. The Morgan fingerprint density at radius 2 is 1.72 bits per heavy atom. The largest absolute Gasteiger partial charge is 0.370 e. The number of quaternary nitrogens is 1. The first-order valence-electron chi connectivity index (χ1n) is 8.18. The second-order valence-corrected chi connectivity index (χ2v) is 5.88. The van der Waals surface area contributed by atoms with Gasteiger partial charge in [-0.25, -0.2) is 0 Å². The molecule has 1 amide bonds. The molecule has 7 heteroatoms. The number of carbonyl (C=O) groups is 1. The highest BCUT2D eigenvalue weighted by Gasteiger charge is 2.33. The molecule has 0 saturated carbocycles. The highest BCUT2D eigenvalue weighted by atomic mass is 16.6. The lowest BCUT2D eigenvalue weighted by atomic mass is 10.0. The van der Waals surface area contributed by atoms with E-state index in [0.29, 0.717) is 26.3 Å². The van der Waals surface area contributed by atoms with Gasteiger partial charge in [0.2, 0.25) is 0 Å². The minimum absolute atomic E-state index is 0.111. The molecule has 7 nitrogen and oxygen atoms in total. The lowest BCUT2D eigenvalue weighted by molar-refractivity contribution is -0.929. The fraction of sp³-hybridized carbons (Fsp3) is 0.278. The number of nitro benzene ring substituents is 1. The van der Waals surface area contributed by atoms with Crippen LogP contribution in [0.2, 0.25) is 0 Å². The highest BCUT2D eigenvalue weighted by molar-refractivity contribution is 5.96. The Bertz CT molecular complexity index is 745. The first-order valence-corrected chi connectivity index (χ1v) is 8.18. The molecule has 1 fully saturated rings. The molecule has 2 N–H and O–H groups in total. The lowest BCUT2D eigenvalue weighted by Crippen LogP contribution is -3.15. The Hall–Kier alpha value is -2.77. The minimum atomic E-state index is -0.491. The molecule has 3 rings (SSSR count). The van der Waals surface area contributed by atoms with E-state index in [2.05, 4.69) is 5.32 Å². The zero-order valence-electron chi connectivity index (χ0n) is 13.7. The van der Waals surface area contributed by atoms with Crippen LogP contribution in [0.5, 0.6) is 0 Å². The van der Waals surface area contributed by atoms with Crippen molar-refractivity contribution in [2.45, 2.75) is 6.04 Å². The molecule has 0 aromatic heterocycles. The number of hydrogen-bond acceptors (Lipinski definition) is 4. The van der Waals surface area contributed by atoms with E-state index >= 15 is 0 Å². The maximum absolute atomic E-state index is 13.0. The Morgan fingerprint density at radius 1 is 1.08 bits per heavy atom. The second kappa shape index (κ2) is 7.87. The molecule has 1 saturated heterocycles. The molecule has 2 aromatic rings. The van der Waals surface area contributed by atoms with Crippen LogP contribution < -0.4 is 10.2 Å². The summed E-state index contributed by atoms with van der Waals surface area (Å²) in [6.45, 7) is 2.61. The van der Waals surface area contributed by atoms with Gasteiger partial charge in [-0.2, -0.15) is 0 Å². The fourth-order valence-corrected chi connectivity index (χ4v) is 3.08. The topological polar surface area (TPSA) is 85.9 Å². The number of nitro groups is 1. The molecule has 1 aliphatic heterocycles. The third-order valence-corrected chi connectivity index (χ3v) is 4.30. The lowest BCUT2D eigenvalue weighted by Gasteiger charge is -2.30. The van der Waals surface area contributed by atoms with Crippen molar-refractivity contribution in [2.24, 2.45) is 0 Å². The Balaban J connectivity index is 1.88. The second-order valence-electron chi connectivity index (χ2n) is 5.88. The molecule has 25 heavy (non-hydrogen) atoms. The number of nitrogens with one attached hydrogen (secondary N) is 2. The van der Waals surface area contributed by atoms with Crippen molar-refractivity contribution in [1.82, 2.24) is 0 Å². The van der Waals surface area contributed by atoms with Gasteiger partial charge >= 0.3 is 0 Å². The van der Waals surface area contributed by atoms with Gasteiger partial charge < -0.3 is 15.0 Å². The van der Waals surface area contributed by atoms with Crippen LogP contribution in [-0.4, -0.2) is 37.1 Å². The Kier molecular flexibility index (Phi) is 5.37. The van der Waals surface area contributed by atoms with Gasteiger partial charge in [0.15, 0.2) is 6.04 Å². The average Bonchev–Trinajstić information content (AvgIpc) is 2.64. The maximum Gasteiger partial charge on any atom is 0.292 e. The predicted molar refractivity (Wildman–Crippen MR) is 92.4 cm³/mol. The van der Waals surface area contributed by atoms with Gasteiger partial charge in [0.1, 0.15) is 18.8 Å². The Labute approximate surface area is 145 Å². The molecular weight excluding hydrogens is 322 g/mol. The summed E-state index contributed by atoms with van der Waals surface area (Å²) in [6, 6.07) is 15.2. The summed E-state index contributed by atoms with van der Waals surface area (Å²) in [5.74, 6) is -0.252. The van der Waals surface area contributed by atoms with E-state index in [4.69, 9.17) is 4.74 Å². The van der Waals surface area contributed by atoms with Gasteiger partial charge in [0, 0.05) is 11.6 Å². The van der Waals surface area contributed by atoms with Crippen LogP contribution in [0.25, 0.3) is 0 Å². The summed E-state index contributed by atoms with van der Waals surface area (Å²) in [7, 11) is 0. The summed E-state index contributed by atoms with van der Waals surface area (Å²) < 4.78 is 5.39. The van der Waals surface area contributed by atoms with Crippen molar-refractivity contribution in [3.05, 3.63) is 70.3 Å². The zero-order valence-corrected chi connectivity index (χ0v) is 13.7. The van der Waals surface area contributed by atoms with E-state index in [0.717, 1.165) is 10.5 Å². The molecule has 2 aromatic carbocycles. The predicted octanol–water partition coefficient (Wildman–Crippen LogP) is 1.19. The number of nitrogens with zero attached hydrogens (tertiary/aromatic N) is 1. The number of morpholine rings is 1. The molecular formula is C18H20N3O4+. The van der Waals surface area contributed by atoms with Crippen LogP contribution in [-0.2, 0) is 9.53 Å². The van der Waals surface area contributed by atoms with Crippen LogP contribution in [0.1, 0.15) is 11.6 Å². The number of hydrogen-bond donors (Lipinski definition) is 2. The molecule has 1 aliphatic rings. The number of rotatable bonds is 5. The van der Waals surface area contributed by atoms with Crippen molar-refractivity contribution in [1.29, 1.82) is 0 Å². The van der Waals surface area contributed by atoms with Gasteiger partial charge in [-0.3, -0.25) is 14.9 Å². The van der Waals surface area contributed by atoms with Gasteiger partial charge in [0.25, 0.3) is 11.6 Å². The molecule has 0 aliphatic carbocycles. The van der Waals surface area contributed by atoms with E-state index in [1.165, 1.54) is 6.07 Å². The zero-order chi connectivity index (χ0) is 17.6. The summed E-state index contributed by atoms with van der Waals surface area (Å²) >= 11 is 0. The average molecular weight is 342 g/mol. The van der Waals surface area contributed by atoms with Gasteiger partial charge in [-0.15, -0.1) is 0 Å². The summed E-state index contributed by atoms with van der Waals surface area (Å²) in [6.07, 6.45) is 0. The molecule has 1 heterocycles. The van der Waals surface area contributed by atoms with E-state index in [-0.39, 0.29) is 17.3 Å². The molecule has 0 radical (unpaired) electrons. The third kappa shape index (κ3) is 4.01. The quantitative estimate of drug-likeness (QED) is 0.631. The van der Waals surface area contributed by atoms with Crippen LogP contribution in [0, 0.1) is 10.1 Å².